The highest BCUT2D eigenvalue weighted by molar-refractivity contribution is 7.16. The van der Waals surface area contributed by atoms with Crippen molar-refractivity contribution in [3.8, 4) is 0 Å². The van der Waals surface area contributed by atoms with E-state index in [-0.39, 0.29) is 5.91 Å². The Morgan fingerprint density at radius 2 is 2.26 bits per heavy atom. The number of carbonyl (C=O) groups is 2. The van der Waals surface area contributed by atoms with Gasteiger partial charge in [0, 0.05) is 22.8 Å². The van der Waals surface area contributed by atoms with Crippen molar-refractivity contribution in [2.24, 2.45) is 0 Å². The van der Waals surface area contributed by atoms with Crippen LogP contribution in [0.3, 0.4) is 0 Å². The van der Waals surface area contributed by atoms with E-state index in [0.717, 1.165) is 6.08 Å². The van der Waals surface area contributed by atoms with E-state index in [1.54, 1.807) is 6.92 Å². The Bertz CT molecular complexity index is 644. The number of rotatable bonds is 4. The summed E-state index contributed by atoms with van der Waals surface area (Å²) in [6.45, 7) is 1.74. The van der Waals surface area contributed by atoms with E-state index in [1.165, 1.54) is 29.8 Å². The van der Waals surface area contributed by atoms with E-state index in [0.29, 0.717) is 21.3 Å². The van der Waals surface area contributed by atoms with E-state index in [2.05, 4.69) is 20.5 Å². The molecule has 3 N–H and O–H groups in total. The van der Waals surface area contributed by atoms with Crippen LogP contribution in [0.5, 0.6) is 0 Å². The molecule has 2 heterocycles. The SMILES string of the molecule is Cc1[nH]ncc1C(=O)Nc1ncc(C=CC(=O)O)s1. The normalized spacial score (nSPS) is 10.8. The van der Waals surface area contributed by atoms with Gasteiger partial charge in [-0.25, -0.2) is 9.78 Å². The summed E-state index contributed by atoms with van der Waals surface area (Å²) in [4.78, 5) is 26.8. The molecule has 7 nitrogen and oxygen atoms in total. The number of aryl methyl sites for hydroxylation is 1. The summed E-state index contributed by atoms with van der Waals surface area (Å²) in [6, 6.07) is 0. The van der Waals surface area contributed by atoms with Gasteiger partial charge >= 0.3 is 5.97 Å². The zero-order chi connectivity index (χ0) is 13.8. The summed E-state index contributed by atoms with van der Waals surface area (Å²) in [6.07, 6.45) is 5.35. The summed E-state index contributed by atoms with van der Waals surface area (Å²) >= 11 is 1.18. The second kappa shape index (κ2) is 5.44. The number of amides is 1. The van der Waals surface area contributed by atoms with Crippen molar-refractivity contribution >= 4 is 34.4 Å². The minimum atomic E-state index is -1.03. The van der Waals surface area contributed by atoms with Crippen LogP contribution in [0.15, 0.2) is 18.5 Å². The topological polar surface area (TPSA) is 108 Å². The van der Waals surface area contributed by atoms with Gasteiger partial charge in [-0.1, -0.05) is 11.3 Å². The number of hydrogen-bond acceptors (Lipinski definition) is 5. The number of nitrogens with zero attached hydrogens (tertiary/aromatic N) is 2. The van der Waals surface area contributed by atoms with Crippen molar-refractivity contribution in [2.75, 3.05) is 5.32 Å². The largest absolute Gasteiger partial charge is 0.478 e. The van der Waals surface area contributed by atoms with Crippen LogP contribution in [0.4, 0.5) is 5.13 Å². The van der Waals surface area contributed by atoms with Gasteiger partial charge in [-0.05, 0) is 13.0 Å². The van der Waals surface area contributed by atoms with Gasteiger partial charge in [0.1, 0.15) is 0 Å². The molecule has 0 saturated heterocycles. The molecule has 8 heteroatoms. The maximum absolute atomic E-state index is 11.9. The smallest absolute Gasteiger partial charge is 0.328 e. The Morgan fingerprint density at radius 1 is 1.47 bits per heavy atom. The molecule has 0 unspecified atom stereocenters. The molecule has 2 rings (SSSR count). The van der Waals surface area contributed by atoms with Gasteiger partial charge < -0.3 is 5.11 Å². The second-order valence-corrected chi connectivity index (χ2v) is 4.66. The average Bonchev–Trinajstić information content (AvgIpc) is 2.95. The fraction of sp³-hybridized carbons (Fsp3) is 0.0909. The van der Waals surface area contributed by atoms with E-state index in [1.807, 2.05) is 0 Å². The Kier molecular flexibility index (Phi) is 3.71. The molecule has 0 aromatic carbocycles. The number of aromatic amines is 1. The predicted molar refractivity (Wildman–Crippen MR) is 70.1 cm³/mol. The number of thiazole rings is 1. The van der Waals surface area contributed by atoms with Crippen LogP contribution in [0.1, 0.15) is 20.9 Å². The van der Waals surface area contributed by atoms with Crippen LogP contribution >= 0.6 is 11.3 Å². The Morgan fingerprint density at radius 3 is 2.89 bits per heavy atom. The first-order valence-corrected chi connectivity index (χ1v) is 6.06. The third-order valence-electron chi connectivity index (χ3n) is 2.21. The maximum atomic E-state index is 11.9. The van der Waals surface area contributed by atoms with Crippen LogP contribution in [0.25, 0.3) is 6.08 Å². The molecule has 19 heavy (non-hydrogen) atoms. The summed E-state index contributed by atoms with van der Waals surface area (Å²) in [5.41, 5.74) is 1.11. The lowest BCUT2D eigenvalue weighted by Crippen LogP contribution is -2.11. The van der Waals surface area contributed by atoms with Crippen molar-refractivity contribution < 1.29 is 14.7 Å². The number of aliphatic carboxylic acids is 1. The summed E-state index contributed by atoms with van der Waals surface area (Å²) in [7, 11) is 0. The molecule has 1 amide bonds. The van der Waals surface area contributed by atoms with E-state index >= 15 is 0 Å². The third-order valence-corrected chi connectivity index (χ3v) is 3.09. The molecule has 0 bridgehead atoms. The molecule has 0 spiro atoms. The molecule has 98 valence electrons. The number of H-pyrrole nitrogens is 1. The lowest BCUT2D eigenvalue weighted by Gasteiger charge is -1.98. The van der Waals surface area contributed by atoms with Gasteiger partial charge in [0.2, 0.25) is 0 Å². The maximum Gasteiger partial charge on any atom is 0.328 e. The Balaban J connectivity index is 2.06. The Hall–Kier alpha value is -2.48. The molecule has 0 fully saturated rings. The van der Waals surface area contributed by atoms with Gasteiger partial charge in [0.25, 0.3) is 5.91 Å². The van der Waals surface area contributed by atoms with Crippen molar-refractivity contribution in [3.05, 3.63) is 34.6 Å². The monoisotopic (exact) mass is 278 g/mol. The molecule has 0 aliphatic rings. The minimum absolute atomic E-state index is 0.311. The van der Waals surface area contributed by atoms with Crippen molar-refractivity contribution in [2.45, 2.75) is 6.92 Å². The first-order valence-electron chi connectivity index (χ1n) is 5.24. The van der Waals surface area contributed by atoms with Gasteiger partial charge in [-0.15, -0.1) is 0 Å². The minimum Gasteiger partial charge on any atom is -0.478 e. The highest BCUT2D eigenvalue weighted by Gasteiger charge is 2.12. The lowest BCUT2D eigenvalue weighted by molar-refractivity contribution is -0.131. The summed E-state index contributed by atoms with van der Waals surface area (Å²) < 4.78 is 0. The number of anilines is 1. The summed E-state index contributed by atoms with van der Waals surface area (Å²) in [5, 5.41) is 17.9. The quantitative estimate of drug-likeness (QED) is 0.735. The van der Waals surface area contributed by atoms with Gasteiger partial charge in [-0.3, -0.25) is 15.2 Å². The van der Waals surface area contributed by atoms with Crippen molar-refractivity contribution in [1.82, 2.24) is 15.2 Å². The fourth-order valence-electron chi connectivity index (χ4n) is 1.32. The highest BCUT2D eigenvalue weighted by Crippen LogP contribution is 2.20. The first kappa shape index (κ1) is 13.0. The number of carboxylic acids is 1. The standard InChI is InChI=1S/C11H10N4O3S/c1-6-8(5-13-15-6)10(18)14-11-12-4-7(19-11)2-3-9(16)17/h2-5H,1H3,(H,13,15)(H,16,17)(H,12,14,18). The molecule has 2 aromatic rings. The predicted octanol–water partition coefficient (Wildman–Crippen LogP) is 1.52. The number of carboxylic acid groups (broad SMARTS) is 1. The zero-order valence-corrected chi connectivity index (χ0v) is 10.7. The molecule has 0 aliphatic carbocycles. The average molecular weight is 278 g/mol. The Labute approximate surface area is 112 Å². The van der Waals surface area contributed by atoms with Gasteiger partial charge in [0.15, 0.2) is 5.13 Å². The van der Waals surface area contributed by atoms with E-state index in [4.69, 9.17) is 5.11 Å². The van der Waals surface area contributed by atoms with Crippen molar-refractivity contribution in [1.29, 1.82) is 0 Å². The number of nitrogens with one attached hydrogen (secondary N) is 2. The van der Waals surface area contributed by atoms with Crippen LogP contribution in [-0.4, -0.2) is 32.2 Å². The number of hydrogen-bond donors (Lipinski definition) is 3. The molecule has 0 atom stereocenters. The summed E-state index contributed by atoms with van der Waals surface area (Å²) in [5.74, 6) is -1.35. The van der Waals surface area contributed by atoms with Crippen LogP contribution in [0, 0.1) is 6.92 Å². The first-order chi connectivity index (χ1) is 9.06. The molecular weight excluding hydrogens is 268 g/mol. The van der Waals surface area contributed by atoms with E-state index < -0.39 is 5.97 Å². The molecular formula is C11H10N4O3S. The lowest BCUT2D eigenvalue weighted by atomic mass is 10.2. The zero-order valence-electron chi connectivity index (χ0n) is 9.88. The molecule has 0 radical (unpaired) electrons. The number of carbonyl (C=O) groups excluding carboxylic acids is 1. The van der Waals surface area contributed by atoms with Gasteiger partial charge in [-0.2, -0.15) is 5.10 Å². The van der Waals surface area contributed by atoms with Crippen LogP contribution < -0.4 is 5.32 Å². The second-order valence-electron chi connectivity index (χ2n) is 3.60. The molecule has 2 aromatic heterocycles. The van der Waals surface area contributed by atoms with E-state index in [9.17, 15) is 9.59 Å². The molecule has 0 aliphatic heterocycles. The van der Waals surface area contributed by atoms with Gasteiger partial charge in [0.05, 0.1) is 11.8 Å². The number of aromatic nitrogens is 3. The fourth-order valence-corrected chi connectivity index (χ4v) is 2.03. The molecule has 0 saturated carbocycles. The van der Waals surface area contributed by atoms with Crippen molar-refractivity contribution in [3.63, 3.8) is 0 Å². The van der Waals surface area contributed by atoms with Crippen LogP contribution in [-0.2, 0) is 4.79 Å². The highest BCUT2D eigenvalue weighted by atomic mass is 32.1. The van der Waals surface area contributed by atoms with Crippen LogP contribution in [0.2, 0.25) is 0 Å². The third kappa shape index (κ3) is 3.26.